The smallest absolute Gasteiger partial charge is 0.0472 e. The van der Waals surface area contributed by atoms with Gasteiger partial charge in [0.25, 0.3) is 0 Å². The van der Waals surface area contributed by atoms with Crippen LogP contribution in [0.15, 0.2) is 29.3 Å². The molecule has 0 spiro atoms. The Morgan fingerprint density at radius 1 is 1.24 bits per heavy atom. The largest absolute Gasteiger partial charge is 0.286 e. The van der Waals surface area contributed by atoms with E-state index in [1.54, 1.807) is 0 Å². The summed E-state index contributed by atoms with van der Waals surface area (Å²) in [4.78, 5) is 4.81. The first-order valence-corrected chi connectivity index (χ1v) is 6.87. The molecule has 1 rings (SSSR count). The minimum Gasteiger partial charge on any atom is -0.286 e. The third-order valence-electron chi connectivity index (χ3n) is 2.91. The van der Waals surface area contributed by atoms with Gasteiger partial charge in [-0.05, 0) is 43.9 Å². The van der Waals surface area contributed by atoms with Crippen LogP contribution in [0.5, 0.6) is 0 Å². The third-order valence-corrected chi connectivity index (χ3v) is 3.16. The van der Waals surface area contributed by atoms with Crippen molar-refractivity contribution in [3.63, 3.8) is 0 Å². The standard InChI is InChI=1S/C15H22ClN/c1-4-6-7-15(17-12(3)5-2)13-8-10-14(16)11-9-13/h8-12H,4-7H2,1-3H3/b17-15+/t12-/m1/s1. The summed E-state index contributed by atoms with van der Waals surface area (Å²) >= 11 is 5.91. The maximum Gasteiger partial charge on any atom is 0.0472 e. The van der Waals surface area contributed by atoms with Crippen LogP contribution in [0.2, 0.25) is 5.02 Å². The normalized spacial score (nSPS) is 13.8. The minimum atomic E-state index is 0.400. The number of benzene rings is 1. The van der Waals surface area contributed by atoms with E-state index in [0.717, 1.165) is 17.9 Å². The van der Waals surface area contributed by atoms with Crippen LogP contribution in [0, 0.1) is 0 Å². The molecule has 0 amide bonds. The van der Waals surface area contributed by atoms with Gasteiger partial charge < -0.3 is 0 Å². The average molecular weight is 252 g/mol. The molecule has 0 N–H and O–H groups in total. The second kappa shape index (κ2) is 7.50. The van der Waals surface area contributed by atoms with Gasteiger partial charge in [0.15, 0.2) is 0 Å². The van der Waals surface area contributed by atoms with Crippen molar-refractivity contribution < 1.29 is 0 Å². The minimum absolute atomic E-state index is 0.400. The van der Waals surface area contributed by atoms with E-state index in [0.29, 0.717) is 6.04 Å². The number of aliphatic imine (C=N–C) groups is 1. The Kier molecular flexibility index (Phi) is 6.28. The van der Waals surface area contributed by atoms with Crippen LogP contribution in [0.25, 0.3) is 0 Å². The summed E-state index contributed by atoms with van der Waals surface area (Å²) < 4.78 is 0. The first-order valence-electron chi connectivity index (χ1n) is 6.50. The molecule has 1 aromatic rings. The predicted octanol–water partition coefficient (Wildman–Crippen LogP) is 5.12. The van der Waals surface area contributed by atoms with E-state index < -0.39 is 0 Å². The van der Waals surface area contributed by atoms with Gasteiger partial charge in [0.1, 0.15) is 0 Å². The summed E-state index contributed by atoms with van der Waals surface area (Å²) in [5.41, 5.74) is 2.43. The molecule has 0 fully saturated rings. The van der Waals surface area contributed by atoms with Crippen LogP contribution in [-0.4, -0.2) is 11.8 Å². The Balaban J connectivity index is 2.89. The molecule has 1 atom stereocenters. The molecule has 0 saturated carbocycles. The first-order chi connectivity index (χ1) is 8.17. The first kappa shape index (κ1) is 14.2. The van der Waals surface area contributed by atoms with Crippen LogP contribution in [0.4, 0.5) is 0 Å². The zero-order chi connectivity index (χ0) is 12.7. The lowest BCUT2D eigenvalue weighted by atomic mass is 10.0. The lowest BCUT2D eigenvalue weighted by molar-refractivity contribution is 0.710. The second-order valence-corrected chi connectivity index (χ2v) is 4.88. The topological polar surface area (TPSA) is 12.4 Å². The van der Waals surface area contributed by atoms with Crippen molar-refractivity contribution in [1.82, 2.24) is 0 Å². The zero-order valence-electron chi connectivity index (χ0n) is 11.0. The molecule has 0 heterocycles. The fourth-order valence-electron chi connectivity index (χ4n) is 1.63. The van der Waals surface area contributed by atoms with E-state index in [9.17, 15) is 0 Å². The van der Waals surface area contributed by atoms with Crippen molar-refractivity contribution in [3.05, 3.63) is 34.9 Å². The molecular weight excluding hydrogens is 230 g/mol. The Morgan fingerprint density at radius 3 is 2.41 bits per heavy atom. The van der Waals surface area contributed by atoms with Gasteiger partial charge in [0.2, 0.25) is 0 Å². The molecule has 2 heteroatoms. The number of rotatable bonds is 6. The maximum atomic E-state index is 5.91. The molecule has 0 saturated heterocycles. The predicted molar refractivity (Wildman–Crippen MR) is 77.3 cm³/mol. The van der Waals surface area contributed by atoms with Gasteiger partial charge in [-0.25, -0.2) is 0 Å². The van der Waals surface area contributed by atoms with Crippen LogP contribution in [-0.2, 0) is 0 Å². The van der Waals surface area contributed by atoms with E-state index in [-0.39, 0.29) is 0 Å². The molecule has 0 aliphatic rings. The van der Waals surface area contributed by atoms with E-state index in [1.807, 2.05) is 12.1 Å². The molecule has 0 bridgehead atoms. The lowest BCUT2D eigenvalue weighted by Gasteiger charge is -2.10. The zero-order valence-corrected chi connectivity index (χ0v) is 11.8. The molecular formula is C15H22ClN. The van der Waals surface area contributed by atoms with E-state index >= 15 is 0 Å². The number of nitrogens with zero attached hydrogens (tertiary/aromatic N) is 1. The summed E-state index contributed by atoms with van der Waals surface area (Å²) in [6, 6.07) is 8.42. The van der Waals surface area contributed by atoms with Crippen LogP contribution in [0.1, 0.15) is 52.0 Å². The molecule has 0 aliphatic heterocycles. The molecule has 1 aromatic carbocycles. The maximum absolute atomic E-state index is 5.91. The number of hydrogen-bond acceptors (Lipinski definition) is 1. The van der Waals surface area contributed by atoms with Crippen molar-refractivity contribution in [1.29, 1.82) is 0 Å². The summed E-state index contributed by atoms with van der Waals surface area (Å²) in [7, 11) is 0. The van der Waals surface area contributed by atoms with Gasteiger partial charge >= 0.3 is 0 Å². The molecule has 17 heavy (non-hydrogen) atoms. The lowest BCUT2D eigenvalue weighted by Crippen LogP contribution is -2.06. The average Bonchev–Trinajstić information content (AvgIpc) is 2.35. The number of halogens is 1. The van der Waals surface area contributed by atoms with Crippen molar-refractivity contribution in [2.24, 2.45) is 4.99 Å². The Morgan fingerprint density at radius 2 is 1.88 bits per heavy atom. The van der Waals surface area contributed by atoms with E-state index in [1.165, 1.54) is 24.1 Å². The highest BCUT2D eigenvalue weighted by Crippen LogP contribution is 2.14. The summed E-state index contributed by atoms with van der Waals surface area (Å²) in [5.74, 6) is 0. The monoisotopic (exact) mass is 251 g/mol. The van der Waals surface area contributed by atoms with E-state index in [2.05, 4.69) is 32.9 Å². The highest BCUT2D eigenvalue weighted by molar-refractivity contribution is 6.30. The molecule has 0 aliphatic carbocycles. The highest BCUT2D eigenvalue weighted by Gasteiger charge is 2.05. The summed E-state index contributed by atoms with van der Waals surface area (Å²) in [6.07, 6.45) is 4.54. The molecule has 0 aromatic heterocycles. The van der Waals surface area contributed by atoms with Crippen molar-refractivity contribution >= 4 is 17.3 Å². The van der Waals surface area contributed by atoms with Gasteiger partial charge in [-0.15, -0.1) is 0 Å². The fraction of sp³-hybridized carbons (Fsp3) is 0.533. The van der Waals surface area contributed by atoms with Crippen LogP contribution >= 0.6 is 11.6 Å². The molecule has 1 nitrogen and oxygen atoms in total. The summed E-state index contributed by atoms with van der Waals surface area (Å²) in [6.45, 7) is 6.55. The van der Waals surface area contributed by atoms with Gasteiger partial charge in [-0.1, -0.05) is 44.0 Å². The summed E-state index contributed by atoms with van der Waals surface area (Å²) in [5, 5.41) is 0.784. The van der Waals surface area contributed by atoms with Crippen LogP contribution in [0.3, 0.4) is 0 Å². The van der Waals surface area contributed by atoms with Gasteiger partial charge in [-0.3, -0.25) is 4.99 Å². The van der Waals surface area contributed by atoms with E-state index in [4.69, 9.17) is 16.6 Å². The number of hydrogen-bond donors (Lipinski definition) is 0. The Hall–Kier alpha value is -0.820. The molecule has 0 radical (unpaired) electrons. The van der Waals surface area contributed by atoms with Gasteiger partial charge in [0.05, 0.1) is 0 Å². The van der Waals surface area contributed by atoms with Crippen molar-refractivity contribution in [2.45, 2.75) is 52.5 Å². The van der Waals surface area contributed by atoms with Gasteiger partial charge in [-0.2, -0.15) is 0 Å². The highest BCUT2D eigenvalue weighted by atomic mass is 35.5. The fourth-order valence-corrected chi connectivity index (χ4v) is 1.75. The quantitative estimate of drug-likeness (QED) is 0.623. The third kappa shape index (κ3) is 4.91. The van der Waals surface area contributed by atoms with Crippen LogP contribution < -0.4 is 0 Å². The Bertz CT molecular complexity index is 354. The molecule has 94 valence electrons. The Labute approximate surface area is 110 Å². The SMILES string of the molecule is CCCC/C(=N\[C@H](C)CC)c1ccc(Cl)cc1. The van der Waals surface area contributed by atoms with Gasteiger partial charge in [0, 0.05) is 16.8 Å². The number of unbranched alkanes of at least 4 members (excludes halogenated alkanes) is 1. The van der Waals surface area contributed by atoms with Crippen molar-refractivity contribution in [2.75, 3.05) is 0 Å². The second-order valence-electron chi connectivity index (χ2n) is 4.44. The van der Waals surface area contributed by atoms with Crippen molar-refractivity contribution in [3.8, 4) is 0 Å². The molecule has 0 unspecified atom stereocenters.